The summed E-state index contributed by atoms with van der Waals surface area (Å²) in [5, 5.41) is 11.7. The molecule has 0 fully saturated rings. The van der Waals surface area contributed by atoms with Crippen molar-refractivity contribution in [2.45, 2.75) is 26.4 Å². The van der Waals surface area contributed by atoms with Crippen LogP contribution in [0.5, 0.6) is 0 Å². The van der Waals surface area contributed by atoms with E-state index in [4.69, 9.17) is 4.42 Å². The van der Waals surface area contributed by atoms with Gasteiger partial charge in [0.25, 0.3) is 0 Å². The molecule has 21 heavy (non-hydrogen) atoms. The second kappa shape index (κ2) is 7.33. The monoisotopic (exact) mass is 288 g/mol. The zero-order valence-electron chi connectivity index (χ0n) is 13.2. The molecule has 0 aliphatic heterocycles. The van der Waals surface area contributed by atoms with Gasteiger partial charge >= 0.3 is 0 Å². The molecule has 2 aromatic rings. The SMILES string of the molecule is CC(C)C(CN(C)C)NCc1nnc(-c2ccccc2)o1. The van der Waals surface area contributed by atoms with Gasteiger partial charge in [-0.2, -0.15) is 0 Å². The molecular formula is C16H24N4O. The van der Waals surface area contributed by atoms with Crippen molar-refractivity contribution in [3.63, 3.8) is 0 Å². The average Bonchev–Trinajstić information content (AvgIpc) is 2.92. The highest BCUT2D eigenvalue weighted by Crippen LogP contribution is 2.17. The highest BCUT2D eigenvalue weighted by atomic mass is 16.4. The molecule has 1 unspecified atom stereocenters. The molecule has 0 aliphatic carbocycles. The van der Waals surface area contributed by atoms with Crippen molar-refractivity contribution in [3.05, 3.63) is 36.2 Å². The quantitative estimate of drug-likeness (QED) is 0.848. The van der Waals surface area contributed by atoms with E-state index in [1.165, 1.54) is 0 Å². The Labute approximate surface area is 126 Å². The Balaban J connectivity index is 1.96. The number of nitrogens with one attached hydrogen (secondary N) is 1. The van der Waals surface area contributed by atoms with Crippen LogP contribution in [0.2, 0.25) is 0 Å². The summed E-state index contributed by atoms with van der Waals surface area (Å²) >= 11 is 0. The van der Waals surface area contributed by atoms with Crippen molar-refractivity contribution >= 4 is 0 Å². The van der Waals surface area contributed by atoms with Gasteiger partial charge in [-0.15, -0.1) is 10.2 Å². The van der Waals surface area contributed by atoms with Crippen LogP contribution in [0.4, 0.5) is 0 Å². The predicted octanol–water partition coefficient (Wildman–Crippen LogP) is 2.41. The molecular weight excluding hydrogens is 264 g/mol. The van der Waals surface area contributed by atoms with E-state index in [0.717, 1.165) is 12.1 Å². The number of likely N-dealkylation sites (N-methyl/N-ethyl adjacent to an activating group) is 1. The number of benzene rings is 1. The number of rotatable bonds is 7. The van der Waals surface area contributed by atoms with Crippen molar-refractivity contribution in [2.75, 3.05) is 20.6 Å². The number of hydrogen-bond acceptors (Lipinski definition) is 5. The molecule has 1 atom stereocenters. The van der Waals surface area contributed by atoms with Gasteiger partial charge in [-0.3, -0.25) is 0 Å². The van der Waals surface area contributed by atoms with Crippen LogP contribution in [0.25, 0.3) is 11.5 Å². The van der Waals surface area contributed by atoms with Crippen molar-refractivity contribution in [1.82, 2.24) is 20.4 Å². The summed E-state index contributed by atoms with van der Waals surface area (Å²) in [6.45, 7) is 6.00. The third-order valence-electron chi connectivity index (χ3n) is 3.37. The molecule has 0 radical (unpaired) electrons. The van der Waals surface area contributed by atoms with Gasteiger partial charge in [0.2, 0.25) is 11.8 Å². The third kappa shape index (κ3) is 4.65. The van der Waals surface area contributed by atoms with Crippen LogP contribution >= 0.6 is 0 Å². The van der Waals surface area contributed by atoms with E-state index < -0.39 is 0 Å². The smallest absolute Gasteiger partial charge is 0.247 e. The van der Waals surface area contributed by atoms with Crippen LogP contribution in [0.15, 0.2) is 34.7 Å². The molecule has 0 amide bonds. The van der Waals surface area contributed by atoms with Crippen molar-refractivity contribution in [2.24, 2.45) is 5.92 Å². The van der Waals surface area contributed by atoms with E-state index in [9.17, 15) is 0 Å². The fraction of sp³-hybridized carbons (Fsp3) is 0.500. The summed E-state index contributed by atoms with van der Waals surface area (Å²) < 4.78 is 5.71. The van der Waals surface area contributed by atoms with Crippen LogP contribution in [0.3, 0.4) is 0 Å². The minimum absolute atomic E-state index is 0.395. The number of aromatic nitrogens is 2. The summed E-state index contributed by atoms with van der Waals surface area (Å²) in [5.41, 5.74) is 0.949. The molecule has 0 saturated carbocycles. The molecule has 1 heterocycles. The minimum atomic E-state index is 0.395. The van der Waals surface area contributed by atoms with Crippen molar-refractivity contribution < 1.29 is 4.42 Å². The first-order valence-corrected chi connectivity index (χ1v) is 7.32. The van der Waals surface area contributed by atoms with E-state index in [-0.39, 0.29) is 0 Å². The lowest BCUT2D eigenvalue weighted by molar-refractivity contribution is 0.281. The second-order valence-corrected chi connectivity index (χ2v) is 5.86. The van der Waals surface area contributed by atoms with Gasteiger partial charge in [-0.25, -0.2) is 0 Å². The predicted molar refractivity (Wildman–Crippen MR) is 83.8 cm³/mol. The molecule has 0 saturated heterocycles. The Morgan fingerprint density at radius 3 is 2.48 bits per heavy atom. The molecule has 1 aromatic carbocycles. The largest absolute Gasteiger partial charge is 0.419 e. The summed E-state index contributed by atoms with van der Waals surface area (Å²) in [7, 11) is 4.16. The van der Waals surface area contributed by atoms with E-state index in [1.807, 2.05) is 30.3 Å². The molecule has 2 rings (SSSR count). The molecule has 0 bridgehead atoms. The minimum Gasteiger partial charge on any atom is -0.419 e. The Morgan fingerprint density at radius 2 is 1.86 bits per heavy atom. The van der Waals surface area contributed by atoms with Crippen LogP contribution in [0.1, 0.15) is 19.7 Å². The summed E-state index contributed by atoms with van der Waals surface area (Å²) in [5.74, 6) is 1.74. The Hall–Kier alpha value is -1.72. The van der Waals surface area contributed by atoms with Gasteiger partial charge in [0.15, 0.2) is 0 Å². The number of nitrogens with zero attached hydrogens (tertiary/aromatic N) is 3. The Morgan fingerprint density at radius 1 is 1.14 bits per heavy atom. The van der Waals surface area contributed by atoms with Crippen LogP contribution < -0.4 is 5.32 Å². The molecule has 5 heteroatoms. The second-order valence-electron chi connectivity index (χ2n) is 5.86. The lowest BCUT2D eigenvalue weighted by Gasteiger charge is -2.25. The zero-order chi connectivity index (χ0) is 15.2. The van der Waals surface area contributed by atoms with Crippen LogP contribution in [-0.4, -0.2) is 41.8 Å². The third-order valence-corrected chi connectivity index (χ3v) is 3.37. The Kier molecular flexibility index (Phi) is 5.47. The average molecular weight is 288 g/mol. The first kappa shape index (κ1) is 15.7. The first-order valence-electron chi connectivity index (χ1n) is 7.32. The van der Waals surface area contributed by atoms with Crippen molar-refractivity contribution in [3.8, 4) is 11.5 Å². The number of hydrogen-bond donors (Lipinski definition) is 1. The lowest BCUT2D eigenvalue weighted by Crippen LogP contribution is -2.41. The maximum Gasteiger partial charge on any atom is 0.247 e. The van der Waals surface area contributed by atoms with Gasteiger partial charge < -0.3 is 14.6 Å². The molecule has 114 valence electrons. The topological polar surface area (TPSA) is 54.2 Å². The van der Waals surface area contributed by atoms with Gasteiger partial charge in [-0.05, 0) is 32.1 Å². The van der Waals surface area contributed by atoms with E-state index in [0.29, 0.717) is 30.3 Å². The van der Waals surface area contributed by atoms with Gasteiger partial charge in [0.05, 0.1) is 6.54 Å². The first-order chi connectivity index (χ1) is 10.1. The van der Waals surface area contributed by atoms with Crippen LogP contribution in [-0.2, 0) is 6.54 Å². The maximum absolute atomic E-state index is 5.71. The highest BCUT2D eigenvalue weighted by molar-refractivity contribution is 5.51. The Bertz CT molecular complexity index is 536. The summed E-state index contributed by atoms with van der Waals surface area (Å²) in [6, 6.07) is 10.2. The van der Waals surface area contributed by atoms with Gasteiger partial charge in [-0.1, -0.05) is 32.0 Å². The van der Waals surface area contributed by atoms with E-state index >= 15 is 0 Å². The normalized spacial score (nSPS) is 13.0. The molecule has 0 spiro atoms. The fourth-order valence-corrected chi connectivity index (χ4v) is 2.15. The highest BCUT2D eigenvalue weighted by Gasteiger charge is 2.15. The van der Waals surface area contributed by atoms with Gasteiger partial charge in [0, 0.05) is 18.2 Å². The standard InChI is InChI=1S/C16H24N4O/c1-12(2)14(11-20(3)4)17-10-15-18-19-16(21-15)13-8-6-5-7-9-13/h5-9,12,14,17H,10-11H2,1-4H3. The van der Waals surface area contributed by atoms with E-state index in [2.05, 4.69) is 48.4 Å². The van der Waals surface area contributed by atoms with Gasteiger partial charge in [0.1, 0.15) is 0 Å². The molecule has 0 aliphatic rings. The summed E-state index contributed by atoms with van der Waals surface area (Å²) in [4.78, 5) is 2.18. The van der Waals surface area contributed by atoms with E-state index in [1.54, 1.807) is 0 Å². The summed E-state index contributed by atoms with van der Waals surface area (Å²) in [6.07, 6.45) is 0. The molecule has 1 N–H and O–H groups in total. The molecule has 1 aromatic heterocycles. The fourth-order valence-electron chi connectivity index (χ4n) is 2.15. The van der Waals surface area contributed by atoms with Crippen molar-refractivity contribution in [1.29, 1.82) is 0 Å². The maximum atomic E-state index is 5.71. The zero-order valence-corrected chi connectivity index (χ0v) is 13.2. The lowest BCUT2D eigenvalue weighted by atomic mass is 10.0. The van der Waals surface area contributed by atoms with Crippen LogP contribution in [0, 0.1) is 5.92 Å². The molecule has 5 nitrogen and oxygen atoms in total.